The van der Waals surface area contributed by atoms with E-state index in [2.05, 4.69) is 26.1 Å². The van der Waals surface area contributed by atoms with E-state index in [1.807, 2.05) is 0 Å². The van der Waals surface area contributed by atoms with Crippen LogP contribution in [0.5, 0.6) is 0 Å². The molecule has 19 heavy (non-hydrogen) atoms. The average Bonchev–Trinajstić information content (AvgIpc) is 2.76. The number of rotatable bonds is 9. The maximum Gasteiger partial charge on any atom is 0.238 e. The molecule has 1 aliphatic rings. The number of nitrogens with two attached hydrogens (primary N) is 1. The maximum atomic E-state index is 11.9. The van der Waals surface area contributed by atoms with Gasteiger partial charge in [0.25, 0.3) is 0 Å². The second kappa shape index (κ2) is 7.85. The van der Waals surface area contributed by atoms with Gasteiger partial charge in [0.05, 0.1) is 0 Å². The van der Waals surface area contributed by atoms with Crippen molar-refractivity contribution in [2.45, 2.75) is 58.4 Å². The van der Waals surface area contributed by atoms with Gasteiger partial charge in [0.15, 0.2) is 0 Å². The molecule has 0 heterocycles. The van der Waals surface area contributed by atoms with Gasteiger partial charge < -0.3 is 15.8 Å². The van der Waals surface area contributed by atoms with Crippen LogP contribution in [0.3, 0.4) is 0 Å². The van der Waals surface area contributed by atoms with Crippen LogP contribution in [-0.2, 0) is 9.53 Å². The van der Waals surface area contributed by atoms with Crippen molar-refractivity contribution >= 4 is 5.91 Å². The Morgan fingerprint density at radius 1 is 1.53 bits per heavy atom. The third kappa shape index (κ3) is 4.46. The summed E-state index contributed by atoms with van der Waals surface area (Å²) in [6, 6.07) is 0. The molecule has 1 fully saturated rings. The minimum atomic E-state index is -0.489. The van der Waals surface area contributed by atoms with Crippen LogP contribution in [0.4, 0.5) is 0 Å². The van der Waals surface area contributed by atoms with Crippen LogP contribution in [-0.4, -0.2) is 31.2 Å². The van der Waals surface area contributed by atoms with Crippen molar-refractivity contribution in [1.82, 2.24) is 5.32 Å². The van der Waals surface area contributed by atoms with Crippen molar-refractivity contribution in [3.05, 3.63) is 0 Å². The standard InChI is InChI=1S/C15H30N2O2/c1-4-9-17-15(14(16)18)8-5-6-13(15)7-10-19-11-12(2)3/h12-13,17H,4-11H2,1-3H3,(H2,16,18). The van der Waals surface area contributed by atoms with E-state index in [0.717, 1.165) is 51.9 Å². The molecule has 2 unspecified atom stereocenters. The van der Waals surface area contributed by atoms with Crippen molar-refractivity contribution in [1.29, 1.82) is 0 Å². The molecule has 3 N–H and O–H groups in total. The van der Waals surface area contributed by atoms with Gasteiger partial charge in [-0.15, -0.1) is 0 Å². The summed E-state index contributed by atoms with van der Waals surface area (Å²) in [5.74, 6) is 0.693. The Balaban J connectivity index is 2.51. The Morgan fingerprint density at radius 2 is 2.26 bits per heavy atom. The van der Waals surface area contributed by atoms with Crippen molar-refractivity contribution < 1.29 is 9.53 Å². The Bertz CT molecular complexity index is 281. The fourth-order valence-electron chi connectivity index (χ4n) is 3.01. The average molecular weight is 270 g/mol. The third-order valence-electron chi connectivity index (χ3n) is 4.01. The largest absolute Gasteiger partial charge is 0.381 e. The van der Waals surface area contributed by atoms with E-state index in [0.29, 0.717) is 11.8 Å². The van der Waals surface area contributed by atoms with Crippen LogP contribution >= 0.6 is 0 Å². The molecule has 1 rings (SSSR count). The van der Waals surface area contributed by atoms with E-state index >= 15 is 0 Å². The van der Waals surface area contributed by atoms with Gasteiger partial charge in [0.1, 0.15) is 5.54 Å². The van der Waals surface area contributed by atoms with E-state index in [-0.39, 0.29) is 5.91 Å². The second-order valence-electron chi connectivity index (χ2n) is 6.11. The molecule has 0 saturated heterocycles. The molecule has 1 amide bonds. The molecule has 1 saturated carbocycles. The van der Waals surface area contributed by atoms with Gasteiger partial charge in [-0.1, -0.05) is 27.2 Å². The van der Waals surface area contributed by atoms with Gasteiger partial charge in [-0.2, -0.15) is 0 Å². The van der Waals surface area contributed by atoms with Gasteiger partial charge in [-0.3, -0.25) is 4.79 Å². The first-order chi connectivity index (χ1) is 9.03. The summed E-state index contributed by atoms with van der Waals surface area (Å²) in [6.07, 6.45) is 4.97. The van der Waals surface area contributed by atoms with Crippen LogP contribution in [0.25, 0.3) is 0 Å². The zero-order valence-corrected chi connectivity index (χ0v) is 12.7. The quantitative estimate of drug-likeness (QED) is 0.630. The van der Waals surface area contributed by atoms with E-state index in [1.54, 1.807) is 0 Å². The smallest absolute Gasteiger partial charge is 0.238 e. The Hall–Kier alpha value is -0.610. The van der Waals surface area contributed by atoms with E-state index in [4.69, 9.17) is 10.5 Å². The van der Waals surface area contributed by atoms with Crippen molar-refractivity contribution in [2.24, 2.45) is 17.6 Å². The molecule has 4 heteroatoms. The molecular formula is C15H30N2O2. The summed E-state index contributed by atoms with van der Waals surface area (Å²) in [5.41, 5.74) is 5.19. The minimum Gasteiger partial charge on any atom is -0.381 e. The molecule has 0 aromatic carbocycles. The number of carbonyl (C=O) groups is 1. The highest BCUT2D eigenvalue weighted by molar-refractivity contribution is 5.85. The first-order valence-electron chi connectivity index (χ1n) is 7.65. The number of primary amides is 1. The zero-order chi connectivity index (χ0) is 14.3. The van der Waals surface area contributed by atoms with E-state index < -0.39 is 5.54 Å². The van der Waals surface area contributed by atoms with Crippen LogP contribution in [0.2, 0.25) is 0 Å². The topological polar surface area (TPSA) is 64.3 Å². The van der Waals surface area contributed by atoms with Crippen LogP contribution in [0.15, 0.2) is 0 Å². The zero-order valence-electron chi connectivity index (χ0n) is 12.7. The number of hydrogen-bond donors (Lipinski definition) is 2. The molecule has 0 aromatic heterocycles. The highest BCUT2D eigenvalue weighted by Crippen LogP contribution is 2.37. The molecule has 2 atom stereocenters. The molecule has 0 aromatic rings. The van der Waals surface area contributed by atoms with Crippen LogP contribution in [0, 0.1) is 11.8 Å². The Morgan fingerprint density at radius 3 is 2.84 bits per heavy atom. The van der Waals surface area contributed by atoms with E-state index in [1.165, 1.54) is 0 Å². The maximum absolute atomic E-state index is 11.9. The first-order valence-corrected chi connectivity index (χ1v) is 7.65. The molecule has 4 nitrogen and oxygen atoms in total. The lowest BCUT2D eigenvalue weighted by Gasteiger charge is -2.33. The highest BCUT2D eigenvalue weighted by Gasteiger charge is 2.46. The van der Waals surface area contributed by atoms with Crippen molar-refractivity contribution in [2.75, 3.05) is 19.8 Å². The molecule has 0 aliphatic heterocycles. The van der Waals surface area contributed by atoms with Crippen LogP contribution < -0.4 is 11.1 Å². The monoisotopic (exact) mass is 270 g/mol. The van der Waals surface area contributed by atoms with Gasteiger partial charge in [0.2, 0.25) is 5.91 Å². The summed E-state index contributed by atoms with van der Waals surface area (Å²) in [5, 5.41) is 3.41. The summed E-state index contributed by atoms with van der Waals surface area (Å²) < 4.78 is 5.65. The summed E-state index contributed by atoms with van der Waals surface area (Å²) >= 11 is 0. The normalized spacial score (nSPS) is 27.1. The van der Waals surface area contributed by atoms with Gasteiger partial charge in [-0.05, 0) is 44.1 Å². The summed E-state index contributed by atoms with van der Waals surface area (Å²) in [6.45, 7) is 8.77. The molecule has 1 aliphatic carbocycles. The lowest BCUT2D eigenvalue weighted by Crippen LogP contribution is -2.58. The SMILES string of the molecule is CCCNC1(C(N)=O)CCCC1CCOCC(C)C. The van der Waals surface area contributed by atoms with E-state index in [9.17, 15) is 4.79 Å². The fraction of sp³-hybridized carbons (Fsp3) is 0.933. The van der Waals surface area contributed by atoms with Gasteiger partial charge in [0, 0.05) is 13.2 Å². The Kier molecular flexibility index (Phi) is 6.80. The predicted octanol–water partition coefficient (Wildman–Crippen LogP) is 2.07. The number of ether oxygens (including phenoxy) is 1. The highest BCUT2D eigenvalue weighted by atomic mass is 16.5. The molecule has 0 radical (unpaired) electrons. The minimum absolute atomic E-state index is 0.188. The first kappa shape index (κ1) is 16.4. The number of carbonyl (C=O) groups excluding carboxylic acids is 1. The van der Waals surface area contributed by atoms with Crippen molar-refractivity contribution in [3.63, 3.8) is 0 Å². The van der Waals surface area contributed by atoms with Gasteiger partial charge in [-0.25, -0.2) is 0 Å². The predicted molar refractivity (Wildman–Crippen MR) is 77.8 cm³/mol. The second-order valence-corrected chi connectivity index (χ2v) is 6.11. The Labute approximate surface area is 117 Å². The molecule has 0 bridgehead atoms. The third-order valence-corrected chi connectivity index (χ3v) is 4.01. The number of nitrogens with one attached hydrogen (secondary N) is 1. The lowest BCUT2D eigenvalue weighted by molar-refractivity contribution is -0.126. The number of amides is 1. The van der Waals surface area contributed by atoms with Crippen molar-refractivity contribution in [3.8, 4) is 0 Å². The summed E-state index contributed by atoms with van der Waals surface area (Å²) in [7, 11) is 0. The van der Waals surface area contributed by atoms with Gasteiger partial charge >= 0.3 is 0 Å². The molecule has 112 valence electrons. The number of hydrogen-bond acceptors (Lipinski definition) is 3. The summed E-state index contributed by atoms with van der Waals surface area (Å²) in [4.78, 5) is 11.9. The van der Waals surface area contributed by atoms with Crippen LogP contribution in [0.1, 0.15) is 52.9 Å². The lowest BCUT2D eigenvalue weighted by atomic mass is 9.84. The molecule has 0 spiro atoms. The molecular weight excluding hydrogens is 240 g/mol. The fourth-order valence-corrected chi connectivity index (χ4v) is 3.01.